The third kappa shape index (κ3) is 2.14. The largest absolute Gasteiger partial charge is 0.507 e. The third-order valence-electron chi connectivity index (χ3n) is 2.59. The van der Waals surface area contributed by atoms with Crippen molar-refractivity contribution in [2.75, 3.05) is 26.2 Å². The number of carbonyl (C=O) groups excluding carboxylic acids is 1. The van der Waals surface area contributed by atoms with Crippen molar-refractivity contribution >= 4 is 5.91 Å². The number of aromatic hydroxyl groups is 1. The molecule has 2 N–H and O–H groups in total. The number of rotatable bonds is 1. The fourth-order valence-electron chi connectivity index (χ4n) is 1.72. The number of hydrogen-bond acceptors (Lipinski definition) is 3. The van der Waals surface area contributed by atoms with Crippen LogP contribution >= 0.6 is 0 Å². The summed E-state index contributed by atoms with van der Waals surface area (Å²) in [7, 11) is 0. The summed E-state index contributed by atoms with van der Waals surface area (Å²) < 4.78 is 12.8. The molecule has 1 fully saturated rings. The number of nitrogens with zero attached hydrogens (tertiary/aromatic N) is 1. The van der Waals surface area contributed by atoms with Gasteiger partial charge in [0, 0.05) is 32.2 Å². The molecule has 4 nitrogen and oxygen atoms in total. The van der Waals surface area contributed by atoms with Gasteiger partial charge in [-0.1, -0.05) is 0 Å². The van der Waals surface area contributed by atoms with Crippen molar-refractivity contribution < 1.29 is 14.3 Å². The zero-order valence-corrected chi connectivity index (χ0v) is 8.74. The molecule has 1 aliphatic heterocycles. The SMILES string of the molecule is O=C(c1ccc(F)cc1O)N1CCNCC1. The lowest BCUT2D eigenvalue weighted by atomic mass is 10.1. The van der Waals surface area contributed by atoms with Crippen LogP contribution in [0.1, 0.15) is 10.4 Å². The van der Waals surface area contributed by atoms with Crippen LogP contribution in [-0.2, 0) is 0 Å². The molecule has 1 amide bonds. The fraction of sp³-hybridized carbons (Fsp3) is 0.364. The van der Waals surface area contributed by atoms with Gasteiger partial charge in [-0.25, -0.2) is 4.39 Å². The van der Waals surface area contributed by atoms with Crippen LogP contribution in [0.5, 0.6) is 5.75 Å². The van der Waals surface area contributed by atoms with Crippen molar-refractivity contribution in [1.82, 2.24) is 10.2 Å². The Morgan fingerprint density at radius 1 is 1.38 bits per heavy atom. The van der Waals surface area contributed by atoms with Crippen molar-refractivity contribution in [2.45, 2.75) is 0 Å². The second-order valence-corrected chi connectivity index (χ2v) is 3.70. The van der Waals surface area contributed by atoms with Gasteiger partial charge in [-0.15, -0.1) is 0 Å². The van der Waals surface area contributed by atoms with Crippen LogP contribution in [-0.4, -0.2) is 42.1 Å². The van der Waals surface area contributed by atoms with E-state index >= 15 is 0 Å². The number of benzene rings is 1. The van der Waals surface area contributed by atoms with Gasteiger partial charge < -0.3 is 15.3 Å². The molecular formula is C11H13FN2O2. The quantitative estimate of drug-likeness (QED) is 0.733. The van der Waals surface area contributed by atoms with Gasteiger partial charge in [0.1, 0.15) is 11.6 Å². The Labute approximate surface area is 92.7 Å². The van der Waals surface area contributed by atoms with E-state index < -0.39 is 5.82 Å². The summed E-state index contributed by atoms with van der Waals surface area (Å²) in [6.45, 7) is 2.70. The maximum atomic E-state index is 12.8. The monoisotopic (exact) mass is 224 g/mol. The molecule has 16 heavy (non-hydrogen) atoms. The molecule has 1 aromatic carbocycles. The van der Waals surface area contributed by atoms with E-state index in [0.717, 1.165) is 19.2 Å². The van der Waals surface area contributed by atoms with Gasteiger partial charge in [-0.2, -0.15) is 0 Å². The van der Waals surface area contributed by atoms with Gasteiger partial charge in [0.05, 0.1) is 5.56 Å². The standard InChI is InChI=1S/C11H13FN2O2/c12-8-1-2-9(10(15)7-8)11(16)14-5-3-13-4-6-14/h1-2,7,13,15H,3-6H2. The minimum absolute atomic E-state index is 0.156. The molecule has 1 heterocycles. The Morgan fingerprint density at radius 3 is 2.69 bits per heavy atom. The summed E-state index contributed by atoms with van der Waals surface area (Å²) in [5.41, 5.74) is 0.156. The minimum Gasteiger partial charge on any atom is -0.507 e. The highest BCUT2D eigenvalue weighted by Crippen LogP contribution is 2.20. The van der Waals surface area contributed by atoms with Crippen molar-refractivity contribution in [2.24, 2.45) is 0 Å². The summed E-state index contributed by atoms with van der Waals surface area (Å²) in [5, 5.41) is 12.6. The third-order valence-corrected chi connectivity index (χ3v) is 2.59. The van der Waals surface area contributed by atoms with Crippen molar-refractivity contribution in [1.29, 1.82) is 0 Å². The van der Waals surface area contributed by atoms with E-state index in [1.165, 1.54) is 12.1 Å². The van der Waals surface area contributed by atoms with Gasteiger partial charge in [0.15, 0.2) is 0 Å². The molecule has 0 radical (unpaired) electrons. The molecule has 0 aromatic heterocycles. The lowest BCUT2D eigenvalue weighted by molar-refractivity contribution is 0.0732. The molecular weight excluding hydrogens is 211 g/mol. The molecule has 0 saturated carbocycles. The number of amides is 1. The normalized spacial score (nSPS) is 16.2. The Kier molecular flexibility index (Phi) is 3.05. The fourth-order valence-corrected chi connectivity index (χ4v) is 1.72. The predicted molar refractivity (Wildman–Crippen MR) is 56.8 cm³/mol. The summed E-state index contributed by atoms with van der Waals surface area (Å²) in [6, 6.07) is 3.44. The van der Waals surface area contributed by atoms with E-state index in [2.05, 4.69) is 5.32 Å². The molecule has 1 aliphatic rings. The highest BCUT2D eigenvalue weighted by atomic mass is 19.1. The summed E-state index contributed by atoms with van der Waals surface area (Å²) in [6.07, 6.45) is 0. The van der Waals surface area contributed by atoms with E-state index in [1.807, 2.05) is 0 Å². The molecule has 0 unspecified atom stereocenters. The molecule has 1 saturated heterocycles. The average Bonchev–Trinajstić information content (AvgIpc) is 2.29. The van der Waals surface area contributed by atoms with Crippen molar-refractivity contribution in [3.8, 4) is 5.75 Å². The second kappa shape index (κ2) is 4.49. The van der Waals surface area contributed by atoms with Crippen LogP contribution in [0.2, 0.25) is 0 Å². The Balaban J connectivity index is 2.19. The average molecular weight is 224 g/mol. The lowest BCUT2D eigenvalue weighted by Crippen LogP contribution is -2.46. The summed E-state index contributed by atoms with van der Waals surface area (Å²) >= 11 is 0. The van der Waals surface area contributed by atoms with Gasteiger partial charge in [0.2, 0.25) is 0 Å². The van der Waals surface area contributed by atoms with E-state index in [-0.39, 0.29) is 17.2 Å². The van der Waals surface area contributed by atoms with E-state index in [0.29, 0.717) is 13.1 Å². The number of halogens is 1. The first-order chi connectivity index (χ1) is 7.68. The Hall–Kier alpha value is -1.62. The number of phenolic OH excluding ortho intramolecular Hbond substituents is 1. The smallest absolute Gasteiger partial charge is 0.257 e. The summed E-state index contributed by atoms with van der Waals surface area (Å²) in [5.74, 6) is -1.10. The number of nitrogens with one attached hydrogen (secondary N) is 1. The molecule has 0 atom stereocenters. The van der Waals surface area contributed by atoms with Gasteiger partial charge >= 0.3 is 0 Å². The minimum atomic E-state index is -0.547. The number of hydrogen-bond donors (Lipinski definition) is 2. The van der Waals surface area contributed by atoms with Crippen LogP contribution < -0.4 is 5.32 Å². The highest BCUT2D eigenvalue weighted by molar-refractivity contribution is 5.96. The van der Waals surface area contributed by atoms with E-state index in [4.69, 9.17) is 0 Å². The predicted octanol–water partition coefficient (Wildman–Crippen LogP) is 0.577. The van der Waals surface area contributed by atoms with Gasteiger partial charge in [0.25, 0.3) is 5.91 Å². The van der Waals surface area contributed by atoms with Crippen LogP contribution in [0.3, 0.4) is 0 Å². The number of piperazine rings is 1. The maximum Gasteiger partial charge on any atom is 0.257 e. The molecule has 86 valence electrons. The molecule has 0 bridgehead atoms. The zero-order chi connectivity index (χ0) is 11.5. The zero-order valence-electron chi connectivity index (χ0n) is 8.74. The van der Waals surface area contributed by atoms with Crippen LogP contribution in [0.25, 0.3) is 0 Å². The van der Waals surface area contributed by atoms with E-state index in [9.17, 15) is 14.3 Å². The van der Waals surface area contributed by atoms with Crippen LogP contribution in [0.4, 0.5) is 4.39 Å². The highest BCUT2D eigenvalue weighted by Gasteiger charge is 2.20. The summed E-state index contributed by atoms with van der Waals surface area (Å²) in [4.78, 5) is 13.6. The van der Waals surface area contributed by atoms with Crippen molar-refractivity contribution in [3.05, 3.63) is 29.6 Å². The van der Waals surface area contributed by atoms with Crippen molar-refractivity contribution in [3.63, 3.8) is 0 Å². The number of phenols is 1. The molecule has 0 spiro atoms. The second-order valence-electron chi connectivity index (χ2n) is 3.70. The Morgan fingerprint density at radius 2 is 2.06 bits per heavy atom. The van der Waals surface area contributed by atoms with Gasteiger partial charge in [-0.05, 0) is 12.1 Å². The van der Waals surface area contributed by atoms with Crippen LogP contribution in [0.15, 0.2) is 18.2 Å². The Bertz CT molecular complexity index is 403. The molecule has 0 aliphatic carbocycles. The first kappa shape index (κ1) is 10.9. The molecule has 1 aromatic rings. The topological polar surface area (TPSA) is 52.6 Å². The first-order valence-electron chi connectivity index (χ1n) is 5.17. The molecule has 5 heteroatoms. The maximum absolute atomic E-state index is 12.8. The number of carbonyl (C=O) groups is 1. The van der Waals surface area contributed by atoms with E-state index in [1.54, 1.807) is 4.90 Å². The lowest BCUT2D eigenvalue weighted by Gasteiger charge is -2.27. The van der Waals surface area contributed by atoms with Crippen LogP contribution in [0, 0.1) is 5.82 Å². The first-order valence-corrected chi connectivity index (χ1v) is 5.17. The van der Waals surface area contributed by atoms with Gasteiger partial charge in [-0.3, -0.25) is 4.79 Å². The molecule has 2 rings (SSSR count).